The first-order valence-electron chi connectivity index (χ1n) is 8.51. The second-order valence-electron chi connectivity index (χ2n) is 6.24. The van der Waals surface area contributed by atoms with Crippen LogP contribution in [0.5, 0.6) is 0 Å². The number of nitrogens with one attached hydrogen (secondary N) is 1. The fourth-order valence-electron chi connectivity index (χ4n) is 3.13. The molecule has 26 heavy (non-hydrogen) atoms. The van der Waals surface area contributed by atoms with Gasteiger partial charge in [-0.2, -0.15) is 0 Å². The largest absolute Gasteiger partial charge is 0.447 e. The molecule has 2 saturated heterocycles. The number of amides is 3. The molecule has 1 atom stereocenters. The Labute approximate surface area is 154 Å². The highest BCUT2D eigenvalue weighted by Gasteiger charge is 2.38. The lowest BCUT2D eigenvalue weighted by atomic mass is 10.2. The van der Waals surface area contributed by atoms with Crippen molar-refractivity contribution < 1.29 is 14.3 Å². The molecule has 2 aliphatic rings. The molecule has 0 saturated carbocycles. The van der Waals surface area contributed by atoms with Crippen molar-refractivity contribution in [1.82, 2.24) is 25.1 Å². The van der Waals surface area contributed by atoms with Crippen LogP contribution in [0.1, 0.15) is 5.69 Å². The quantitative estimate of drug-likeness (QED) is 0.879. The van der Waals surface area contributed by atoms with E-state index in [1.807, 2.05) is 17.5 Å². The third kappa shape index (κ3) is 3.48. The average molecular weight is 373 g/mol. The fourth-order valence-corrected chi connectivity index (χ4v) is 3.97. The van der Waals surface area contributed by atoms with Crippen molar-refractivity contribution in [3.8, 4) is 10.6 Å². The lowest BCUT2D eigenvalue weighted by Crippen LogP contribution is -2.56. The van der Waals surface area contributed by atoms with Gasteiger partial charge in [0, 0.05) is 55.9 Å². The van der Waals surface area contributed by atoms with E-state index in [0.29, 0.717) is 39.2 Å². The van der Waals surface area contributed by atoms with Gasteiger partial charge in [-0.3, -0.25) is 9.88 Å². The summed E-state index contributed by atoms with van der Waals surface area (Å²) in [6, 6.07) is 3.74. The Morgan fingerprint density at radius 1 is 1.42 bits per heavy atom. The van der Waals surface area contributed by atoms with Gasteiger partial charge >= 0.3 is 12.1 Å². The van der Waals surface area contributed by atoms with E-state index in [2.05, 4.69) is 15.3 Å². The number of cyclic esters (lactones) is 1. The number of ether oxygens (including phenoxy) is 1. The van der Waals surface area contributed by atoms with Crippen LogP contribution in [0.25, 0.3) is 10.6 Å². The van der Waals surface area contributed by atoms with Gasteiger partial charge in [-0.05, 0) is 12.1 Å². The van der Waals surface area contributed by atoms with Crippen molar-refractivity contribution in [2.45, 2.75) is 12.5 Å². The van der Waals surface area contributed by atoms with Gasteiger partial charge in [0.1, 0.15) is 11.6 Å². The van der Waals surface area contributed by atoms with E-state index >= 15 is 0 Å². The van der Waals surface area contributed by atoms with E-state index in [-0.39, 0.29) is 18.2 Å². The molecule has 2 aliphatic heterocycles. The van der Waals surface area contributed by atoms with Crippen molar-refractivity contribution in [1.29, 1.82) is 0 Å². The summed E-state index contributed by atoms with van der Waals surface area (Å²) in [6.45, 7) is 2.45. The molecule has 0 aromatic carbocycles. The Kier molecular flexibility index (Phi) is 4.70. The van der Waals surface area contributed by atoms with E-state index in [1.54, 1.807) is 33.5 Å². The number of hydrogen-bond donors (Lipinski definition) is 1. The third-order valence-corrected chi connectivity index (χ3v) is 5.46. The molecule has 0 aliphatic carbocycles. The standard InChI is InChI=1S/C17H19N5O3S/c23-16(21-6-7-22-14(9-21)10-25-17(22)24)19-5-3-13-11-26-15(20-13)12-2-1-4-18-8-12/h1-2,4,8,11,14H,3,5-7,9-10H2,(H,19,23). The van der Waals surface area contributed by atoms with Gasteiger partial charge in [0.05, 0.1) is 11.7 Å². The lowest BCUT2D eigenvalue weighted by Gasteiger charge is -2.35. The minimum atomic E-state index is -0.275. The van der Waals surface area contributed by atoms with Gasteiger partial charge in [0.25, 0.3) is 0 Å². The Balaban J connectivity index is 1.25. The number of urea groups is 1. The van der Waals surface area contributed by atoms with E-state index in [1.165, 1.54) is 0 Å². The first-order valence-corrected chi connectivity index (χ1v) is 9.39. The monoisotopic (exact) mass is 373 g/mol. The van der Waals surface area contributed by atoms with Gasteiger partial charge in [-0.25, -0.2) is 14.6 Å². The maximum atomic E-state index is 12.3. The van der Waals surface area contributed by atoms with E-state index in [4.69, 9.17) is 4.74 Å². The summed E-state index contributed by atoms with van der Waals surface area (Å²) in [5.41, 5.74) is 1.95. The van der Waals surface area contributed by atoms with E-state index in [0.717, 1.165) is 16.3 Å². The molecular weight excluding hydrogens is 354 g/mol. The zero-order valence-electron chi connectivity index (χ0n) is 14.1. The average Bonchev–Trinajstić information content (AvgIpc) is 3.29. The number of rotatable bonds is 4. The van der Waals surface area contributed by atoms with Crippen molar-refractivity contribution in [3.05, 3.63) is 35.6 Å². The van der Waals surface area contributed by atoms with Crippen LogP contribution in [-0.2, 0) is 11.2 Å². The highest BCUT2D eigenvalue weighted by molar-refractivity contribution is 7.13. The summed E-state index contributed by atoms with van der Waals surface area (Å²) >= 11 is 1.57. The first kappa shape index (κ1) is 16.8. The summed E-state index contributed by atoms with van der Waals surface area (Å²) in [5.74, 6) is 0. The maximum absolute atomic E-state index is 12.3. The minimum absolute atomic E-state index is 0.0254. The van der Waals surface area contributed by atoms with E-state index < -0.39 is 0 Å². The summed E-state index contributed by atoms with van der Waals surface area (Å²) < 4.78 is 5.02. The maximum Gasteiger partial charge on any atom is 0.410 e. The Bertz CT molecular complexity index is 797. The molecule has 9 heteroatoms. The number of fused-ring (bicyclic) bond motifs is 1. The summed E-state index contributed by atoms with van der Waals surface area (Å²) in [5, 5.41) is 5.88. The molecule has 4 heterocycles. The number of thiazole rings is 1. The zero-order chi connectivity index (χ0) is 17.9. The second kappa shape index (κ2) is 7.28. The normalized spacial score (nSPS) is 19.2. The van der Waals surface area contributed by atoms with Gasteiger partial charge in [-0.15, -0.1) is 11.3 Å². The molecule has 2 fully saturated rings. The molecule has 3 amide bonds. The number of aromatic nitrogens is 2. The number of pyridine rings is 1. The SMILES string of the molecule is O=C(NCCc1csc(-c2cccnc2)n1)N1CCN2C(=O)OCC2C1. The molecule has 1 unspecified atom stereocenters. The number of nitrogens with zero attached hydrogens (tertiary/aromatic N) is 4. The van der Waals surface area contributed by atoms with Crippen LogP contribution in [0, 0.1) is 0 Å². The van der Waals surface area contributed by atoms with Crippen LogP contribution in [0.3, 0.4) is 0 Å². The molecule has 0 spiro atoms. The molecular formula is C17H19N5O3S. The number of carbonyl (C=O) groups is 2. The highest BCUT2D eigenvalue weighted by Crippen LogP contribution is 2.22. The van der Waals surface area contributed by atoms with Gasteiger partial charge in [0.2, 0.25) is 0 Å². The van der Waals surface area contributed by atoms with Gasteiger partial charge in [0.15, 0.2) is 0 Å². The van der Waals surface area contributed by atoms with Gasteiger partial charge < -0.3 is 15.0 Å². The van der Waals surface area contributed by atoms with Crippen LogP contribution >= 0.6 is 11.3 Å². The van der Waals surface area contributed by atoms with Crippen molar-refractivity contribution in [2.75, 3.05) is 32.8 Å². The summed E-state index contributed by atoms with van der Waals surface area (Å²) in [6.07, 6.45) is 3.93. The fraction of sp³-hybridized carbons (Fsp3) is 0.412. The second-order valence-corrected chi connectivity index (χ2v) is 7.10. The highest BCUT2D eigenvalue weighted by atomic mass is 32.1. The molecule has 2 aromatic rings. The zero-order valence-corrected chi connectivity index (χ0v) is 14.9. The van der Waals surface area contributed by atoms with Crippen molar-refractivity contribution >= 4 is 23.5 Å². The number of hydrogen-bond acceptors (Lipinski definition) is 6. The van der Waals surface area contributed by atoms with Crippen LogP contribution < -0.4 is 5.32 Å². The minimum Gasteiger partial charge on any atom is -0.447 e. The van der Waals surface area contributed by atoms with Crippen LogP contribution in [-0.4, -0.2) is 70.7 Å². The Hall–Kier alpha value is -2.68. The predicted octanol–water partition coefficient (Wildman–Crippen LogP) is 1.59. The molecule has 136 valence electrons. The number of piperazine rings is 1. The van der Waals surface area contributed by atoms with Crippen LogP contribution in [0.4, 0.5) is 9.59 Å². The van der Waals surface area contributed by atoms with Crippen LogP contribution in [0.15, 0.2) is 29.9 Å². The molecule has 0 radical (unpaired) electrons. The number of carbonyl (C=O) groups excluding carboxylic acids is 2. The smallest absolute Gasteiger partial charge is 0.410 e. The Morgan fingerprint density at radius 2 is 2.35 bits per heavy atom. The Morgan fingerprint density at radius 3 is 3.19 bits per heavy atom. The van der Waals surface area contributed by atoms with E-state index in [9.17, 15) is 9.59 Å². The molecule has 1 N–H and O–H groups in total. The van der Waals surface area contributed by atoms with Crippen molar-refractivity contribution in [2.24, 2.45) is 0 Å². The predicted molar refractivity (Wildman–Crippen MR) is 95.9 cm³/mol. The summed E-state index contributed by atoms with van der Waals surface area (Å²) in [4.78, 5) is 36.0. The molecule has 2 aromatic heterocycles. The summed E-state index contributed by atoms with van der Waals surface area (Å²) in [7, 11) is 0. The molecule has 4 rings (SSSR count). The third-order valence-electron chi connectivity index (χ3n) is 4.52. The van der Waals surface area contributed by atoms with Crippen LogP contribution in [0.2, 0.25) is 0 Å². The molecule has 8 nitrogen and oxygen atoms in total. The van der Waals surface area contributed by atoms with Gasteiger partial charge in [-0.1, -0.05) is 0 Å². The van der Waals surface area contributed by atoms with Crippen molar-refractivity contribution in [3.63, 3.8) is 0 Å². The lowest BCUT2D eigenvalue weighted by molar-refractivity contribution is 0.127. The topological polar surface area (TPSA) is 87.7 Å². The molecule has 0 bridgehead atoms. The first-order chi connectivity index (χ1) is 12.7.